The number of rotatable bonds is 6. The molecule has 0 amide bonds. The number of likely N-dealkylation sites (N-methyl/N-ethyl adjacent to an activating group) is 1. The summed E-state index contributed by atoms with van der Waals surface area (Å²) in [5.41, 5.74) is 0. The van der Waals surface area contributed by atoms with Gasteiger partial charge in [0.15, 0.2) is 0 Å². The fraction of sp³-hybridized carbons (Fsp3) is 1.00. The first-order chi connectivity index (χ1) is 7.19. The number of hydrogen-bond acceptors (Lipinski definition) is 2. The lowest BCUT2D eigenvalue weighted by molar-refractivity contribution is 0.285. The van der Waals surface area contributed by atoms with E-state index in [0.29, 0.717) is 0 Å². The summed E-state index contributed by atoms with van der Waals surface area (Å²) in [5.74, 6) is 1.78. The van der Waals surface area contributed by atoms with E-state index in [2.05, 4.69) is 37.9 Å². The molecule has 1 N–H and O–H groups in total. The predicted octanol–water partition coefficient (Wildman–Crippen LogP) is 2.35. The van der Waals surface area contributed by atoms with E-state index in [0.717, 1.165) is 24.4 Å². The molecule has 0 spiro atoms. The van der Waals surface area contributed by atoms with Crippen LogP contribution in [0.15, 0.2) is 0 Å². The van der Waals surface area contributed by atoms with Gasteiger partial charge in [0.1, 0.15) is 0 Å². The second-order valence-corrected chi connectivity index (χ2v) is 5.00. The monoisotopic (exact) mass is 212 g/mol. The smallest absolute Gasteiger partial charge is 0.0107 e. The Labute approximate surface area is 95.4 Å². The molecule has 2 heteroatoms. The van der Waals surface area contributed by atoms with E-state index in [1.165, 1.54) is 32.5 Å². The van der Waals surface area contributed by atoms with Gasteiger partial charge in [-0.05, 0) is 37.8 Å². The molecule has 1 saturated carbocycles. The number of nitrogens with zero attached hydrogens (tertiary/aromatic N) is 1. The molecule has 0 saturated heterocycles. The van der Waals surface area contributed by atoms with Crippen LogP contribution in [0.25, 0.3) is 0 Å². The van der Waals surface area contributed by atoms with Gasteiger partial charge in [-0.25, -0.2) is 0 Å². The van der Waals surface area contributed by atoms with Gasteiger partial charge in [0.25, 0.3) is 0 Å². The first-order valence-corrected chi connectivity index (χ1v) is 6.64. The molecule has 0 radical (unpaired) electrons. The third-order valence-electron chi connectivity index (χ3n) is 4.19. The highest BCUT2D eigenvalue weighted by molar-refractivity contribution is 4.84. The van der Waals surface area contributed by atoms with Crippen LogP contribution in [0.5, 0.6) is 0 Å². The minimum absolute atomic E-state index is 0.774. The van der Waals surface area contributed by atoms with Crippen molar-refractivity contribution in [1.29, 1.82) is 0 Å². The Morgan fingerprint density at radius 3 is 2.27 bits per heavy atom. The van der Waals surface area contributed by atoms with Crippen LogP contribution < -0.4 is 5.32 Å². The summed E-state index contributed by atoms with van der Waals surface area (Å²) in [7, 11) is 0. The molecule has 0 aliphatic heterocycles. The molecule has 1 fully saturated rings. The molecule has 0 bridgehead atoms. The van der Waals surface area contributed by atoms with E-state index >= 15 is 0 Å². The normalized spacial score (nSPS) is 31.4. The standard InChI is InChI=1S/C13H28N2/c1-5-15(6-2)10-9-14-13-8-7-11(3)12(13)4/h11-14H,5-10H2,1-4H3. The molecule has 2 nitrogen and oxygen atoms in total. The summed E-state index contributed by atoms with van der Waals surface area (Å²) in [6, 6.07) is 0.774. The Balaban J connectivity index is 2.15. The predicted molar refractivity (Wildman–Crippen MR) is 67.1 cm³/mol. The zero-order chi connectivity index (χ0) is 11.3. The summed E-state index contributed by atoms with van der Waals surface area (Å²) in [6.45, 7) is 14.0. The van der Waals surface area contributed by atoms with Crippen LogP contribution in [0.3, 0.4) is 0 Å². The molecule has 1 aliphatic carbocycles. The van der Waals surface area contributed by atoms with Crippen molar-refractivity contribution in [3.63, 3.8) is 0 Å². The lowest BCUT2D eigenvalue weighted by Crippen LogP contribution is -2.38. The average Bonchev–Trinajstić information content (AvgIpc) is 2.56. The van der Waals surface area contributed by atoms with Crippen molar-refractivity contribution in [2.24, 2.45) is 11.8 Å². The Hall–Kier alpha value is -0.0800. The van der Waals surface area contributed by atoms with Crippen molar-refractivity contribution < 1.29 is 0 Å². The van der Waals surface area contributed by atoms with E-state index in [4.69, 9.17) is 0 Å². The van der Waals surface area contributed by atoms with Gasteiger partial charge in [-0.2, -0.15) is 0 Å². The van der Waals surface area contributed by atoms with Crippen LogP contribution in [0.1, 0.15) is 40.5 Å². The van der Waals surface area contributed by atoms with Crippen LogP contribution in [0.4, 0.5) is 0 Å². The summed E-state index contributed by atoms with van der Waals surface area (Å²) in [5, 5.41) is 3.72. The maximum absolute atomic E-state index is 3.72. The molecule has 0 aromatic carbocycles. The quantitative estimate of drug-likeness (QED) is 0.727. The number of nitrogens with one attached hydrogen (secondary N) is 1. The first kappa shape index (κ1) is 13.0. The molecule has 0 aromatic heterocycles. The Morgan fingerprint density at radius 1 is 1.13 bits per heavy atom. The molecular weight excluding hydrogens is 184 g/mol. The highest BCUT2D eigenvalue weighted by Gasteiger charge is 2.28. The second-order valence-electron chi connectivity index (χ2n) is 5.00. The Bertz CT molecular complexity index is 166. The lowest BCUT2D eigenvalue weighted by atomic mass is 9.98. The fourth-order valence-electron chi connectivity index (χ4n) is 2.60. The minimum Gasteiger partial charge on any atom is -0.312 e. The molecule has 90 valence electrons. The average molecular weight is 212 g/mol. The first-order valence-electron chi connectivity index (χ1n) is 6.64. The Kier molecular flexibility index (Phi) is 5.62. The maximum Gasteiger partial charge on any atom is 0.0107 e. The van der Waals surface area contributed by atoms with Gasteiger partial charge in [0.2, 0.25) is 0 Å². The lowest BCUT2D eigenvalue weighted by Gasteiger charge is -2.23. The van der Waals surface area contributed by atoms with E-state index < -0.39 is 0 Å². The highest BCUT2D eigenvalue weighted by atomic mass is 15.1. The van der Waals surface area contributed by atoms with Crippen LogP contribution in [0, 0.1) is 11.8 Å². The van der Waals surface area contributed by atoms with E-state index in [1.807, 2.05) is 0 Å². The summed E-state index contributed by atoms with van der Waals surface area (Å²) in [4.78, 5) is 2.48. The highest BCUT2D eigenvalue weighted by Crippen LogP contribution is 2.30. The molecule has 1 rings (SSSR count). The van der Waals surface area contributed by atoms with Crippen LogP contribution in [-0.4, -0.2) is 37.1 Å². The molecule has 3 unspecified atom stereocenters. The van der Waals surface area contributed by atoms with E-state index in [9.17, 15) is 0 Å². The Morgan fingerprint density at radius 2 is 1.80 bits per heavy atom. The van der Waals surface area contributed by atoms with Crippen LogP contribution in [-0.2, 0) is 0 Å². The van der Waals surface area contributed by atoms with Crippen molar-refractivity contribution in [3.8, 4) is 0 Å². The maximum atomic E-state index is 3.72. The largest absolute Gasteiger partial charge is 0.312 e. The summed E-state index contributed by atoms with van der Waals surface area (Å²) >= 11 is 0. The van der Waals surface area contributed by atoms with E-state index in [-0.39, 0.29) is 0 Å². The fourth-order valence-corrected chi connectivity index (χ4v) is 2.60. The summed E-state index contributed by atoms with van der Waals surface area (Å²) in [6.07, 6.45) is 2.78. The van der Waals surface area contributed by atoms with Crippen molar-refractivity contribution in [2.45, 2.75) is 46.6 Å². The minimum atomic E-state index is 0.774. The van der Waals surface area contributed by atoms with Gasteiger partial charge in [0.05, 0.1) is 0 Å². The third kappa shape index (κ3) is 3.76. The van der Waals surface area contributed by atoms with Gasteiger partial charge in [-0.3, -0.25) is 0 Å². The van der Waals surface area contributed by atoms with Gasteiger partial charge < -0.3 is 10.2 Å². The van der Waals surface area contributed by atoms with Crippen LogP contribution >= 0.6 is 0 Å². The zero-order valence-electron chi connectivity index (χ0n) is 10.9. The molecular formula is C13H28N2. The van der Waals surface area contributed by atoms with Crippen molar-refractivity contribution in [3.05, 3.63) is 0 Å². The molecule has 0 heterocycles. The SMILES string of the molecule is CCN(CC)CCNC1CCC(C)C1C. The van der Waals surface area contributed by atoms with Crippen molar-refractivity contribution in [2.75, 3.05) is 26.2 Å². The topological polar surface area (TPSA) is 15.3 Å². The zero-order valence-corrected chi connectivity index (χ0v) is 10.9. The molecule has 0 aromatic rings. The van der Waals surface area contributed by atoms with Gasteiger partial charge in [-0.1, -0.05) is 27.7 Å². The van der Waals surface area contributed by atoms with Crippen LogP contribution in [0.2, 0.25) is 0 Å². The van der Waals surface area contributed by atoms with Crippen molar-refractivity contribution in [1.82, 2.24) is 10.2 Å². The van der Waals surface area contributed by atoms with E-state index in [1.54, 1.807) is 0 Å². The second kappa shape index (κ2) is 6.49. The molecule has 15 heavy (non-hydrogen) atoms. The third-order valence-corrected chi connectivity index (χ3v) is 4.19. The van der Waals surface area contributed by atoms with Crippen molar-refractivity contribution >= 4 is 0 Å². The van der Waals surface area contributed by atoms with Gasteiger partial charge >= 0.3 is 0 Å². The number of hydrogen-bond donors (Lipinski definition) is 1. The van der Waals surface area contributed by atoms with Gasteiger partial charge in [-0.15, -0.1) is 0 Å². The molecule has 3 atom stereocenters. The summed E-state index contributed by atoms with van der Waals surface area (Å²) < 4.78 is 0. The molecule has 1 aliphatic rings. The van der Waals surface area contributed by atoms with Gasteiger partial charge in [0, 0.05) is 19.1 Å².